The molecule has 3 aliphatic rings. The van der Waals surface area contributed by atoms with E-state index >= 15 is 0 Å². The van der Waals surface area contributed by atoms with Crippen LogP contribution in [0.2, 0.25) is 0 Å². The van der Waals surface area contributed by atoms with Crippen LogP contribution in [-0.4, -0.2) is 44.8 Å². The van der Waals surface area contributed by atoms with Crippen molar-refractivity contribution in [3.8, 4) is 0 Å². The summed E-state index contributed by atoms with van der Waals surface area (Å²) in [5.41, 5.74) is 2.46. The Kier molecular flexibility index (Phi) is 7.68. The van der Waals surface area contributed by atoms with E-state index in [9.17, 15) is 20.4 Å². The third kappa shape index (κ3) is 5.42. The lowest BCUT2D eigenvalue weighted by atomic mass is 9.61. The van der Waals surface area contributed by atoms with E-state index in [4.69, 9.17) is 0 Å². The molecule has 4 N–H and O–H groups in total. The molecule has 0 radical (unpaired) electrons. The minimum absolute atomic E-state index is 0.223. The van der Waals surface area contributed by atoms with Crippen molar-refractivity contribution in [3.05, 3.63) is 47.6 Å². The van der Waals surface area contributed by atoms with Crippen molar-refractivity contribution in [2.75, 3.05) is 6.61 Å². The summed E-state index contributed by atoms with van der Waals surface area (Å²) in [5.74, 6) is 1.62. The van der Waals surface area contributed by atoms with Crippen molar-refractivity contribution >= 4 is 0 Å². The maximum Gasteiger partial charge on any atom is 0.0883 e. The molecule has 0 amide bonds. The second-order valence-corrected chi connectivity index (χ2v) is 10.8. The van der Waals surface area contributed by atoms with E-state index in [0.29, 0.717) is 37.0 Å². The Hall–Kier alpha value is -1.20. The number of aliphatic hydroxyl groups is 4. The number of fused-ring (bicyclic) bond motifs is 1. The SMILES string of the molecule is C=C1C(=CC=C2CCC[C@]3(C)[C@@H]([C@H](C)C=CC[C@](C)(O)CO)CC[C@@H]23)C[C@@H](O)C[C@@H]1O. The fourth-order valence-electron chi connectivity index (χ4n) is 6.34. The standard InChI is InChI=1S/C27H42O4/c1-18(7-5-13-26(3,31)17-28)23-11-12-24-20(8-6-14-27(23,24)4)9-10-21-15-22(29)16-25(30)19(21)2/h5,7,9-10,18,22-25,28-31H,2,6,8,11-17H2,1,3-4H3/t18-,22-,23-,24+,25+,26+,27-/m1/s1. The molecule has 0 heterocycles. The first kappa shape index (κ1) is 24.4. The van der Waals surface area contributed by atoms with Crippen LogP contribution >= 0.6 is 0 Å². The lowest BCUT2D eigenvalue weighted by Crippen LogP contribution is -2.35. The lowest BCUT2D eigenvalue weighted by Gasteiger charge is -2.44. The Morgan fingerprint density at radius 1 is 1.26 bits per heavy atom. The molecule has 31 heavy (non-hydrogen) atoms. The number of hydrogen-bond acceptors (Lipinski definition) is 4. The van der Waals surface area contributed by atoms with Gasteiger partial charge in [0, 0.05) is 6.42 Å². The summed E-state index contributed by atoms with van der Waals surface area (Å²) in [4.78, 5) is 0. The molecule has 0 aliphatic heterocycles. The van der Waals surface area contributed by atoms with Gasteiger partial charge in [-0.15, -0.1) is 0 Å². The summed E-state index contributed by atoms with van der Waals surface area (Å²) < 4.78 is 0. The highest BCUT2D eigenvalue weighted by atomic mass is 16.3. The van der Waals surface area contributed by atoms with E-state index in [1.165, 1.54) is 31.3 Å². The summed E-state index contributed by atoms with van der Waals surface area (Å²) in [5, 5.41) is 39.5. The Labute approximate surface area is 188 Å². The molecule has 3 fully saturated rings. The average molecular weight is 431 g/mol. The van der Waals surface area contributed by atoms with Crippen molar-refractivity contribution in [1.82, 2.24) is 0 Å². The van der Waals surface area contributed by atoms with Crippen molar-refractivity contribution in [1.29, 1.82) is 0 Å². The highest BCUT2D eigenvalue weighted by Crippen LogP contribution is 2.59. The Morgan fingerprint density at radius 2 is 2.00 bits per heavy atom. The van der Waals surface area contributed by atoms with Gasteiger partial charge in [-0.3, -0.25) is 0 Å². The van der Waals surface area contributed by atoms with Crippen LogP contribution in [0.25, 0.3) is 0 Å². The largest absolute Gasteiger partial charge is 0.393 e. The molecule has 3 saturated carbocycles. The molecule has 3 aliphatic carbocycles. The lowest BCUT2D eigenvalue weighted by molar-refractivity contribution is 0.00435. The van der Waals surface area contributed by atoms with Crippen molar-refractivity contribution in [3.63, 3.8) is 0 Å². The molecule has 0 bridgehead atoms. The van der Waals surface area contributed by atoms with Crippen LogP contribution < -0.4 is 0 Å². The monoisotopic (exact) mass is 430 g/mol. The number of aliphatic hydroxyl groups excluding tert-OH is 3. The molecule has 174 valence electrons. The molecular weight excluding hydrogens is 388 g/mol. The van der Waals surface area contributed by atoms with Crippen LogP contribution in [0.1, 0.15) is 72.1 Å². The van der Waals surface area contributed by atoms with Gasteiger partial charge in [-0.25, -0.2) is 0 Å². The molecule has 0 aromatic heterocycles. The highest BCUT2D eigenvalue weighted by molar-refractivity contribution is 5.38. The predicted octanol–water partition coefficient (Wildman–Crippen LogP) is 4.45. The fourth-order valence-corrected chi connectivity index (χ4v) is 6.34. The van der Waals surface area contributed by atoms with Gasteiger partial charge in [0.05, 0.1) is 24.4 Å². The van der Waals surface area contributed by atoms with Gasteiger partial charge < -0.3 is 20.4 Å². The molecule has 0 aromatic rings. The van der Waals surface area contributed by atoms with Gasteiger partial charge in [0.15, 0.2) is 0 Å². The van der Waals surface area contributed by atoms with Gasteiger partial charge in [-0.1, -0.05) is 50.3 Å². The molecule has 0 aromatic carbocycles. The van der Waals surface area contributed by atoms with Crippen LogP contribution in [0.4, 0.5) is 0 Å². The van der Waals surface area contributed by atoms with Crippen LogP contribution in [0.15, 0.2) is 47.6 Å². The van der Waals surface area contributed by atoms with Crippen molar-refractivity contribution in [2.45, 2.75) is 89.9 Å². The summed E-state index contributed by atoms with van der Waals surface area (Å²) in [6, 6.07) is 0. The van der Waals surface area contributed by atoms with E-state index in [0.717, 1.165) is 17.6 Å². The maximum absolute atomic E-state index is 10.1. The molecular formula is C27H42O4. The summed E-state index contributed by atoms with van der Waals surface area (Å²) in [6.07, 6.45) is 14.9. The summed E-state index contributed by atoms with van der Waals surface area (Å²) in [7, 11) is 0. The second-order valence-electron chi connectivity index (χ2n) is 10.8. The highest BCUT2D eigenvalue weighted by Gasteiger charge is 2.50. The van der Waals surface area contributed by atoms with Crippen LogP contribution in [0.3, 0.4) is 0 Å². The van der Waals surface area contributed by atoms with Crippen LogP contribution in [0.5, 0.6) is 0 Å². The van der Waals surface area contributed by atoms with E-state index < -0.39 is 17.8 Å². The molecule has 4 heteroatoms. The first-order valence-corrected chi connectivity index (χ1v) is 12.0. The zero-order valence-corrected chi connectivity index (χ0v) is 19.6. The van der Waals surface area contributed by atoms with Crippen molar-refractivity contribution in [2.24, 2.45) is 23.2 Å². The minimum atomic E-state index is -1.04. The van der Waals surface area contributed by atoms with Gasteiger partial charge in [-0.2, -0.15) is 0 Å². The second kappa shape index (κ2) is 9.74. The number of rotatable bonds is 6. The molecule has 7 atom stereocenters. The quantitative estimate of drug-likeness (QED) is 0.469. The first-order valence-electron chi connectivity index (χ1n) is 12.0. The van der Waals surface area contributed by atoms with E-state index in [2.05, 4.69) is 38.7 Å². The first-order chi connectivity index (χ1) is 14.6. The Bertz CT molecular complexity index is 746. The Morgan fingerprint density at radius 3 is 2.71 bits per heavy atom. The van der Waals surface area contributed by atoms with Crippen LogP contribution in [0, 0.1) is 23.2 Å². The Balaban J connectivity index is 1.73. The minimum Gasteiger partial charge on any atom is -0.393 e. The smallest absolute Gasteiger partial charge is 0.0883 e. The van der Waals surface area contributed by atoms with Gasteiger partial charge in [-0.05, 0) is 86.2 Å². The fraction of sp³-hybridized carbons (Fsp3) is 0.704. The van der Waals surface area contributed by atoms with E-state index in [1.54, 1.807) is 6.92 Å². The van der Waals surface area contributed by atoms with Gasteiger partial charge in [0.25, 0.3) is 0 Å². The predicted molar refractivity (Wildman–Crippen MR) is 125 cm³/mol. The molecule has 4 nitrogen and oxygen atoms in total. The average Bonchev–Trinajstić information content (AvgIpc) is 3.07. The molecule has 0 unspecified atom stereocenters. The molecule has 3 rings (SSSR count). The maximum atomic E-state index is 10.1. The summed E-state index contributed by atoms with van der Waals surface area (Å²) >= 11 is 0. The van der Waals surface area contributed by atoms with Crippen molar-refractivity contribution < 1.29 is 20.4 Å². The van der Waals surface area contributed by atoms with Gasteiger partial charge in [0.1, 0.15) is 0 Å². The normalized spacial score (nSPS) is 39.8. The van der Waals surface area contributed by atoms with E-state index in [1.807, 2.05) is 6.08 Å². The zero-order valence-electron chi connectivity index (χ0n) is 19.6. The third-order valence-corrected chi connectivity index (χ3v) is 8.27. The third-order valence-electron chi connectivity index (χ3n) is 8.27. The molecule has 0 spiro atoms. The van der Waals surface area contributed by atoms with Crippen LogP contribution in [-0.2, 0) is 0 Å². The van der Waals surface area contributed by atoms with Gasteiger partial charge in [0.2, 0.25) is 0 Å². The summed E-state index contributed by atoms with van der Waals surface area (Å²) in [6.45, 7) is 10.2. The van der Waals surface area contributed by atoms with Gasteiger partial charge >= 0.3 is 0 Å². The zero-order chi connectivity index (χ0) is 22.8. The number of allylic oxidation sites excluding steroid dienone is 4. The van der Waals surface area contributed by atoms with E-state index in [-0.39, 0.29) is 12.0 Å². The topological polar surface area (TPSA) is 80.9 Å². The number of hydrogen-bond donors (Lipinski definition) is 4. The molecule has 0 saturated heterocycles.